The molecule has 0 unspecified atom stereocenters. The summed E-state index contributed by atoms with van der Waals surface area (Å²) in [7, 11) is 0. The number of nitrogens with zero attached hydrogens (tertiary/aromatic N) is 2. The molecule has 0 saturated carbocycles. The zero-order valence-electron chi connectivity index (χ0n) is 13.6. The van der Waals surface area contributed by atoms with Crippen LogP contribution in [0.15, 0.2) is 24.5 Å². The second kappa shape index (κ2) is 6.32. The molecule has 0 fully saturated rings. The fourth-order valence-electron chi connectivity index (χ4n) is 3.19. The van der Waals surface area contributed by atoms with Crippen molar-refractivity contribution >= 4 is 29.0 Å². The van der Waals surface area contributed by atoms with E-state index in [0.717, 1.165) is 16.7 Å². The number of anilines is 1. The number of hydrogen-bond acceptors (Lipinski definition) is 3. The van der Waals surface area contributed by atoms with E-state index < -0.39 is 0 Å². The molecular formula is C18H18ClFN4. The van der Waals surface area contributed by atoms with Crippen molar-refractivity contribution in [2.45, 2.75) is 33.1 Å². The Morgan fingerprint density at radius 3 is 2.75 bits per heavy atom. The third kappa shape index (κ3) is 2.69. The van der Waals surface area contributed by atoms with Crippen LogP contribution in [0.1, 0.15) is 31.4 Å². The smallest absolute Gasteiger partial charge is 0.145 e. The Labute approximate surface area is 145 Å². The molecule has 1 aromatic heterocycles. The fraction of sp³-hybridized carbons (Fsp3) is 0.278. The van der Waals surface area contributed by atoms with Gasteiger partial charge < -0.3 is 0 Å². The van der Waals surface area contributed by atoms with Crippen LogP contribution < -0.4 is 4.90 Å². The van der Waals surface area contributed by atoms with Gasteiger partial charge in [-0.25, -0.2) is 4.39 Å². The van der Waals surface area contributed by atoms with Gasteiger partial charge in [0.2, 0.25) is 0 Å². The summed E-state index contributed by atoms with van der Waals surface area (Å²) in [4.78, 5) is 5.53. The van der Waals surface area contributed by atoms with Gasteiger partial charge in [0.1, 0.15) is 17.5 Å². The highest BCUT2D eigenvalue weighted by molar-refractivity contribution is 6.36. The average Bonchev–Trinajstić information content (AvgIpc) is 2.54. The normalized spacial score (nSPS) is 13.8. The van der Waals surface area contributed by atoms with Crippen molar-refractivity contribution in [1.29, 1.82) is 10.8 Å². The van der Waals surface area contributed by atoms with Crippen LogP contribution in [0.2, 0.25) is 5.02 Å². The number of aromatic nitrogens is 1. The van der Waals surface area contributed by atoms with Gasteiger partial charge in [-0.2, -0.15) is 0 Å². The van der Waals surface area contributed by atoms with E-state index in [-0.39, 0.29) is 11.7 Å². The molecule has 2 heterocycles. The van der Waals surface area contributed by atoms with E-state index in [1.165, 1.54) is 6.20 Å². The summed E-state index contributed by atoms with van der Waals surface area (Å²) in [6.07, 6.45) is 4.67. The minimum absolute atomic E-state index is 0.261. The summed E-state index contributed by atoms with van der Waals surface area (Å²) in [5.74, 6) is 0.311. The van der Waals surface area contributed by atoms with Gasteiger partial charge in [-0.15, -0.1) is 0 Å². The molecule has 1 aromatic carbocycles. The molecule has 0 aliphatic carbocycles. The Hall–Kier alpha value is -2.27. The molecule has 0 bridgehead atoms. The van der Waals surface area contributed by atoms with Crippen LogP contribution in [-0.4, -0.2) is 16.7 Å². The first kappa shape index (κ1) is 16.6. The zero-order chi connectivity index (χ0) is 17.4. The highest BCUT2D eigenvalue weighted by Crippen LogP contribution is 2.39. The molecule has 124 valence electrons. The van der Waals surface area contributed by atoms with Gasteiger partial charge in [0, 0.05) is 18.2 Å². The minimum Gasteiger partial charge on any atom is -0.288 e. The molecule has 4 nitrogen and oxygen atoms in total. The van der Waals surface area contributed by atoms with E-state index in [1.54, 1.807) is 24.1 Å². The Balaban J connectivity index is 2.19. The SMILES string of the molecule is CCc1c(F)cncc1-c1cc(Cl)c2c(c1)CCC(=N)N2C(C)=N. The number of benzene rings is 1. The van der Waals surface area contributed by atoms with E-state index in [9.17, 15) is 4.39 Å². The maximum absolute atomic E-state index is 14.0. The van der Waals surface area contributed by atoms with E-state index in [2.05, 4.69) is 4.98 Å². The molecule has 1 aliphatic heterocycles. The van der Waals surface area contributed by atoms with Crippen molar-refractivity contribution in [2.75, 3.05) is 4.90 Å². The molecule has 0 atom stereocenters. The first-order valence-electron chi connectivity index (χ1n) is 7.82. The molecule has 3 rings (SSSR count). The first-order valence-corrected chi connectivity index (χ1v) is 8.19. The van der Waals surface area contributed by atoms with Crippen LogP contribution in [0, 0.1) is 16.6 Å². The predicted octanol–water partition coefficient (Wildman–Crippen LogP) is 4.83. The van der Waals surface area contributed by atoms with E-state index in [0.29, 0.717) is 41.4 Å². The number of pyridine rings is 1. The van der Waals surface area contributed by atoms with Crippen molar-refractivity contribution in [1.82, 2.24) is 4.98 Å². The lowest BCUT2D eigenvalue weighted by Crippen LogP contribution is -2.38. The summed E-state index contributed by atoms with van der Waals surface area (Å²) >= 11 is 6.49. The summed E-state index contributed by atoms with van der Waals surface area (Å²) in [6.45, 7) is 3.54. The maximum Gasteiger partial charge on any atom is 0.145 e. The topological polar surface area (TPSA) is 63.8 Å². The van der Waals surface area contributed by atoms with Crippen LogP contribution in [0.25, 0.3) is 11.1 Å². The third-order valence-electron chi connectivity index (χ3n) is 4.27. The van der Waals surface area contributed by atoms with Crippen LogP contribution in [0.4, 0.5) is 10.1 Å². The van der Waals surface area contributed by atoms with E-state index in [1.807, 2.05) is 13.0 Å². The van der Waals surface area contributed by atoms with Crippen LogP contribution in [0.3, 0.4) is 0 Å². The van der Waals surface area contributed by atoms with Crippen molar-refractivity contribution in [3.8, 4) is 11.1 Å². The van der Waals surface area contributed by atoms with Crippen LogP contribution in [0.5, 0.6) is 0 Å². The Morgan fingerprint density at radius 1 is 1.33 bits per heavy atom. The monoisotopic (exact) mass is 344 g/mol. The Bertz CT molecular complexity index is 847. The highest BCUT2D eigenvalue weighted by atomic mass is 35.5. The molecule has 0 amide bonds. The molecule has 0 spiro atoms. The molecule has 2 N–H and O–H groups in total. The lowest BCUT2D eigenvalue weighted by atomic mass is 9.93. The Kier molecular flexibility index (Phi) is 4.37. The summed E-state index contributed by atoms with van der Waals surface area (Å²) < 4.78 is 14.0. The van der Waals surface area contributed by atoms with Crippen molar-refractivity contribution in [2.24, 2.45) is 0 Å². The predicted molar refractivity (Wildman–Crippen MR) is 95.9 cm³/mol. The van der Waals surface area contributed by atoms with Gasteiger partial charge in [0.15, 0.2) is 0 Å². The maximum atomic E-state index is 14.0. The highest BCUT2D eigenvalue weighted by Gasteiger charge is 2.26. The van der Waals surface area contributed by atoms with Gasteiger partial charge in [0.25, 0.3) is 0 Å². The number of nitrogens with one attached hydrogen (secondary N) is 2. The number of fused-ring (bicyclic) bond motifs is 1. The van der Waals surface area contributed by atoms with Gasteiger partial charge in [0.05, 0.1) is 16.9 Å². The summed E-state index contributed by atoms with van der Waals surface area (Å²) in [5, 5.41) is 16.5. The van der Waals surface area contributed by atoms with Crippen molar-refractivity contribution < 1.29 is 4.39 Å². The van der Waals surface area contributed by atoms with E-state index in [4.69, 9.17) is 22.4 Å². The Morgan fingerprint density at radius 2 is 2.08 bits per heavy atom. The second-order valence-electron chi connectivity index (χ2n) is 5.83. The standard InChI is InChI=1S/C18H18ClFN4/c1-3-13-14(8-23-9-16(13)20)12-6-11-4-5-17(22)24(10(2)21)18(11)15(19)7-12/h6-9,21-22H,3-5H2,1-2H3. The van der Waals surface area contributed by atoms with Crippen molar-refractivity contribution in [3.05, 3.63) is 46.5 Å². The van der Waals surface area contributed by atoms with E-state index >= 15 is 0 Å². The van der Waals surface area contributed by atoms with Crippen molar-refractivity contribution in [3.63, 3.8) is 0 Å². The zero-order valence-corrected chi connectivity index (χ0v) is 14.3. The summed E-state index contributed by atoms with van der Waals surface area (Å²) in [6, 6.07) is 3.74. The number of hydrogen-bond donors (Lipinski definition) is 2. The number of halogens is 2. The molecule has 0 saturated heterocycles. The first-order chi connectivity index (χ1) is 11.4. The molecule has 1 aliphatic rings. The molecule has 6 heteroatoms. The number of aryl methyl sites for hydroxylation is 1. The van der Waals surface area contributed by atoms with Gasteiger partial charge in [-0.05, 0) is 48.6 Å². The largest absolute Gasteiger partial charge is 0.288 e. The van der Waals surface area contributed by atoms with Gasteiger partial charge in [-0.3, -0.25) is 20.7 Å². The van der Waals surface area contributed by atoms with Crippen LogP contribution >= 0.6 is 11.6 Å². The van der Waals surface area contributed by atoms with Crippen LogP contribution in [-0.2, 0) is 12.8 Å². The lowest BCUT2D eigenvalue weighted by Gasteiger charge is -2.32. The molecule has 2 aromatic rings. The lowest BCUT2D eigenvalue weighted by molar-refractivity contribution is 0.606. The minimum atomic E-state index is -0.317. The molecule has 24 heavy (non-hydrogen) atoms. The average molecular weight is 345 g/mol. The quantitative estimate of drug-likeness (QED) is 0.605. The fourth-order valence-corrected chi connectivity index (χ4v) is 3.52. The third-order valence-corrected chi connectivity index (χ3v) is 4.56. The van der Waals surface area contributed by atoms with Gasteiger partial charge >= 0.3 is 0 Å². The second-order valence-corrected chi connectivity index (χ2v) is 6.24. The molecular weight excluding hydrogens is 327 g/mol. The summed E-state index contributed by atoms with van der Waals surface area (Å²) in [5.41, 5.74) is 3.82. The number of amidine groups is 2. The number of rotatable bonds is 2. The molecule has 0 radical (unpaired) electrons. The van der Waals surface area contributed by atoms with Gasteiger partial charge in [-0.1, -0.05) is 18.5 Å².